The zero-order valence-corrected chi connectivity index (χ0v) is 13.1. The van der Waals surface area contributed by atoms with Crippen molar-refractivity contribution in [3.05, 3.63) is 42.4 Å². The molecule has 0 fully saturated rings. The third kappa shape index (κ3) is 2.73. The van der Waals surface area contributed by atoms with E-state index in [9.17, 15) is 4.79 Å². The molecule has 0 aliphatic carbocycles. The normalized spacial score (nSPS) is 10.9. The lowest BCUT2D eigenvalue weighted by Crippen LogP contribution is -2.24. The van der Waals surface area contributed by atoms with Crippen LogP contribution in [0.1, 0.15) is 24.2 Å². The third-order valence-electron chi connectivity index (χ3n) is 3.75. The first-order chi connectivity index (χ1) is 11.1. The van der Waals surface area contributed by atoms with Crippen LogP contribution in [0.5, 0.6) is 0 Å². The minimum Gasteiger partial charge on any atom is -0.366 e. The number of aromatic nitrogens is 4. The summed E-state index contributed by atoms with van der Waals surface area (Å²) >= 11 is 0. The number of hydrogen-bond acceptors (Lipinski definition) is 5. The maximum Gasteiger partial charge on any atom is 0.248 e. The van der Waals surface area contributed by atoms with E-state index < -0.39 is 5.91 Å². The molecule has 2 N–H and O–H groups in total. The summed E-state index contributed by atoms with van der Waals surface area (Å²) in [5.41, 5.74) is 8.06. The second-order valence-corrected chi connectivity index (χ2v) is 5.08. The van der Waals surface area contributed by atoms with Gasteiger partial charge in [-0.1, -0.05) is 0 Å². The molecule has 118 valence electrons. The predicted octanol–water partition coefficient (Wildman–Crippen LogP) is 1.76. The van der Waals surface area contributed by atoms with Crippen LogP contribution in [0.4, 0.5) is 5.95 Å². The largest absolute Gasteiger partial charge is 0.366 e. The third-order valence-corrected chi connectivity index (χ3v) is 3.75. The standard InChI is InChI=1S/C16H18N6O/c1-3-21(4-2)16-18-9-13-15(20-16)22(10-19-13)12-7-5-11(6-8-12)14(17)23/h5-10H,3-4H2,1-2H3,(H2,17,23). The SMILES string of the molecule is CCN(CC)c1ncc2ncn(-c3ccc(C(N)=O)cc3)c2n1. The van der Waals surface area contributed by atoms with E-state index in [2.05, 4.69) is 33.7 Å². The number of nitrogens with zero attached hydrogens (tertiary/aromatic N) is 5. The Morgan fingerprint density at radius 2 is 1.87 bits per heavy atom. The summed E-state index contributed by atoms with van der Waals surface area (Å²) in [6.45, 7) is 5.81. The van der Waals surface area contributed by atoms with Crippen molar-refractivity contribution < 1.29 is 4.79 Å². The van der Waals surface area contributed by atoms with Crippen LogP contribution in [0.15, 0.2) is 36.8 Å². The van der Waals surface area contributed by atoms with Crippen molar-refractivity contribution in [3.8, 4) is 5.69 Å². The fourth-order valence-electron chi connectivity index (χ4n) is 2.43. The van der Waals surface area contributed by atoms with Gasteiger partial charge in [0.1, 0.15) is 11.8 Å². The molecule has 0 aliphatic heterocycles. The molecule has 1 amide bonds. The average molecular weight is 310 g/mol. The molecular formula is C16H18N6O. The topological polar surface area (TPSA) is 89.9 Å². The molecule has 0 saturated heterocycles. The van der Waals surface area contributed by atoms with Crippen LogP contribution in [0.3, 0.4) is 0 Å². The van der Waals surface area contributed by atoms with Gasteiger partial charge in [0.05, 0.1) is 6.20 Å². The van der Waals surface area contributed by atoms with Crippen molar-refractivity contribution in [1.82, 2.24) is 19.5 Å². The van der Waals surface area contributed by atoms with Gasteiger partial charge in [-0.15, -0.1) is 0 Å². The molecular weight excluding hydrogens is 292 g/mol. The van der Waals surface area contributed by atoms with Gasteiger partial charge in [-0.05, 0) is 38.1 Å². The molecule has 3 rings (SSSR count). The number of fused-ring (bicyclic) bond motifs is 1. The Balaban J connectivity index is 2.07. The van der Waals surface area contributed by atoms with Gasteiger partial charge in [0.2, 0.25) is 11.9 Å². The summed E-state index contributed by atoms with van der Waals surface area (Å²) in [6.07, 6.45) is 3.43. The molecule has 0 atom stereocenters. The zero-order chi connectivity index (χ0) is 16.4. The van der Waals surface area contributed by atoms with E-state index in [1.165, 1.54) is 0 Å². The number of carbonyl (C=O) groups is 1. The predicted molar refractivity (Wildman–Crippen MR) is 88.7 cm³/mol. The monoisotopic (exact) mass is 310 g/mol. The van der Waals surface area contributed by atoms with E-state index in [1.807, 2.05) is 16.7 Å². The molecule has 23 heavy (non-hydrogen) atoms. The number of hydrogen-bond donors (Lipinski definition) is 1. The van der Waals surface area contributed by atoms with Crippen molar-refractivity contribution in [1.29, 1.82) is 0 Å². The lowest BCUT2D eigenvalue weighted by molar-refractivity contribution is 0.100. The summed E-state index contributed by atoms with van der Waals surface area (Å²) in [6, 6.07) is 7.02. The second-order valence-electron chi connectivity index (χ2n) is 5.08. The maximum atomic E-state index is 11.2. The lowest BCUT2D eigenvalue weighted by atomic mass is 10.2. The minimum absolute atomic E-state index is 0.446. The van der Waals surface area contributed by atoms with E-state index in [4.69, 9.17) is 5.73 Å². The highest BCUT2D eigenvalue weighted by atomic mass is 16.1. The number of carbonyl (C=O) groups excluding carboxylic acids is 1. The van der Waals surface area contributed by atoms with Crippen LogP contribution >= 0.6 is 0 Å². The van der Waals surface area contributed by atoms with E-state index in [0.717, 1.165) is 29.9 Å². The molecule has 7 nitrogen and oxygen atoms in total. The average Bonchev–Trinajstić information content (AvgIpc) is 2.99. The van der Waals surface area contributed by atoms with Gasteiger partial charge in [-0.3, -0.25) is 9.36 Å². The van der Waals surface area contributed by atoms with Crippen LogP contribution in [0, 0.1) is 0 Å². The first-order valence-corrected chi connectivity index (χ1v) is 7.49. The molecule has 1 aromatic carbocycles. The zero-order valence-electron chi connectivity index (χ0n) is 13.1. The Labute approximate surface area is 133 Å². The van der Waals surface area contributed by atoms with Crippen molar-refractivity contribution in [2.24, 2.45) is 5.73 Å². The first kappa shape index (κ1) is 15.0. The van der Waals surface area contributed by atoms with Gasteiger partial charge < -0.3 is 10.6 Å². The van der Waals surface area contributed by atoms with Gasteiger partial charge in [0.25, 0.3) is 0 Å². The fraction of sp³-hybridized carbons (Fsp3) is 0.250. The van der Waals surface area contributed by atoms with Crippen molar-refractivity contribution in [2.75, 3.05) is 18.0 Å². The highest BCUT2D eigenvalue weighted by Gasteiger charge is 2.11. The molecule has 2 heterocycles. The number of benzene rings is 1. The van der Waals surface area contributed by atoms with Crippen molar-refractivity contribution >= 4 is 23.0 Å². The number of primary amides is 1. The smallest absolute Gasteiger partial charge is 0.248 e. The number of rotatable bonds is 5. The number of nitrogens with two attached hydrogens (primary N) is 1. The molecule has 2 aromatic heterocycles. The Morgan fingerprint density at radius 3 is 2.48 bits per heavy atom. The number of anilines is 1. The molecule has 0 saturated carbocycles. The Kier molecular flexibility index (Phi) is 3.92. The van der Waals surface area contributed by atoms with Crippen molar-refractivity contribution in [3.63, 3.8) is 0 Å². The quantitative estimate of drug-likeness (QED) is 0.775. The summed E-state index contributed by atoms with van der Waals surface area (Å²) < 4.78 is 1.87. The van der Waals surface area contributed by atoms with E-state index >= 15 is 0 Å². The summed E-state index contributed by atoms with van der Waals surface area (Å²) in [7, 11) is 0. The minimum atomic E-state index is -0.446. The Bertz CT molecular complexity index is 835. The molecule has 3 aromatic rings. The van der Waals surface area contributed by atoms with Crippen LogP contribution in [-0.4, -0.2) is 38.5 Å². The second kappa shape index (κ2) is 6.04. The molecule has 0 radical (unpaired) electrons. The molecule has 7 heteroatoms. The van der Waals surface area contributed by atoms with Gasteiger partial charge in [-0.2, -0.15) is 4.98 Å². The van der Waals surface area contributed by atoms with E-state index in [1.54, 1.807) is 24.7 Å². The van der Waals surface area contributed by atoms with Gasteiger partial charge in [0, 0.05) is 24.3 Å². The Hall–Kier alpha value is -2.96. The van der Waals surface area contributed by atoms with Gasteiger partial charge in [-0.25, -0.2) is 9.97 Å². The summed E-state index contributed by atoms with van der Waals surface area (Å²) in [5.74, 6) is 0.233. The maximum absolute atomic E-state index is 11.2. The van der Waals surface area contributed by atoms with Crippen LogP contribution in [0.2, 0.25) is 0 Å². The lowest BCUT2D eigenvalue weighted by Gasteiger charge is -2.18. The van der Waals surface area contributed by atoms with Gasteiger partial charge in [0.15, 0.2) is 5.65 Å². The van der Waals surface area contributed by atoms with Crippen molar-refractivity contribution in [2.45, 2.75) is 13.8 Å². The molecule has 0 spiro atoms. The van der Waals surface area contributed by atoms with Crippen LogP contribution in [0.25, 0.3) is 16.9 Å². The van der Waals surface area contributed by atoms with Gasteiger partial charge >= 0.3 is 0 Å². The molecule has 0 aliphatic rings. The highest BCUT2D eigenvalue weighted by Crippen LogP contribution is 2.19. The van der Waals surface area contributed by atoms with E-state index in [-0.39, 0.29) is 0 Å². The first-order valence-electron chi connectivity index (χ1n) is 7.49. The Morgan fingerprint density at radius 1 is 1.17 bits per heavy atom. The van der Waals surface area contributed by atoms with Crippen LogP contribution < -0.4 is 10.6 Å². The van der Waals surface area contributed by atoms with E-state index in [0.29, 0.717) is 11.5 Å². The highest BCUT2D eigenvalue weighted by molar-refractivity contribution is 5.93. The summed E-state index contributed by atoms with van der Waals surface area (Å²) in [5, 5.41) is 0. The summed E-state index contributed by atoms with van der Waals surface area (Å²) in [4.78, 5) is 26.6. The number of amides is 1. The fourth-order valence-corrected chi connectivity index (χ4v) is 2.43. The van der Waals surface area contributed by atoms with Crippen LogP contribution in [-0.2, 0) is 0 Å². The molecule has 0 bridgehead atoms. The number of imidazole rings is 1. The molecule has 0 unspecified atom stereocenters.